The molecule has 1 heterocycles. The standard InChI is InChI=1S/C12H5Br2ClF3NOS/c13-9-4-6(10(14)21-9)11(20)19-8-3-5(12(16,17)18)1-2-7(8)15/h1-4H,(H,19,20). The Kier molecular flexibility index (Phi) is 5.02. The van der Waals surface area contributed by atoms with Crippen LogP contribution in [-0.2, 0) is 6.18 Å². The van der Waals surface area contributed by atoms with Crippen molar-refractivity contribution in [2.45, 2.75) is 6.18 Å². The fraction of sp³-hybridized carbons (Fsp3) is 0.0833. The molecule has 0 unspecified atom stereocenters. The number of nitrogens with one attached hydrogen (secondary N) is 1. The van der Waals surface area contributed by atoms with Crippen LogP contribution in [0.25, 0.3) is 0 Å². The van der Waals surface area contributed by atoms with Gasteiger partial charge in [-0.1, -0.05) is 11.6 Å². The van der Waals surface area contributed by atoms with Gasteiger partial charge >= 0.3 is 6.18 Å². The molecular weight excluding hydrogens is 458 g/mol. The molecule has 0 atom stereocenters. The van der Waals surface area contributed by atoms with Crippen LogP contribution in [0.5, 0.6) is 0 Å². The SMILES string of the molecule is O=C(Nc1cc(C(F)(F)F)ccc1Cl)c1cc(Br)sc1Br. The zero-order valence-corrected chi connectivity index (χ0v) is 14.6. The highest BCUT2D eigenvalue weighted by molar-refractivity contribution is 9.12. The van der Waals surface area contributed by atoms with Gasteiger partial charge in [-0.15, -0.1) is 11.3 Å². The summed E-state index contributed by atoms with van der Waals surface area (Å²) in [6.07, 6.45) is -4.50. The molecule has 0 aliphatic carbocycles. The number of benzene rings is 1. The second-order valence-corrected chi connectivity index (χ2v) is 8.04. The van der Waals surface area contributed by atoms with Gasteiger partial charge in [0, 0.05) is 0 Å². The van der Waals surface area contributed by atoms with Gasteiger partial charge in [-0.2, -0.15) is 13.2 Å². The van der Waals surface area contributed by atoms with E-state index in [1.54, 1.807) is 6.07 Å². The molecular formula is C12H5Br2ClF3NOS. The summed E-state index contributed by atoms with van der Waals surface area (Å²) in [6.45, 7) is 0. The second-order valence-electron chi connectivity index (χ2n) is 3.88. The second kappa shape index (κ2) is 6.28. The molecule has 0 bridgehead atoms. The van der Waals surface area contributed by atoms with E-state index in [2.05, 4.69) is 37.2 Å². The number of carbonyl (C=O) groups excluding carboxylic acids is 1. The van der Waals surface area contributed by atoms with Gasteiger partial charge in [-0.3, -0.25) is 4.79 Å². The molecule has 112 valence electrons. The van der Waals surface area contributed by atoms with Crippen molar-refractivity contribution in [1.29, 1.82) is 0 Å². The summed E-state index contributed by atoms with van der Waals surface area (Å²) in [7, 11) is 0. The lowest BCUT2D eigenvalue weighted by Crippen LogP contribution is -2.13. The Labute approximate surface area is 143 Å². The molecule has 2 nitrogen and oxygen atoms in total. The number of hydrogen-bond donors (Lipinski definition) is 1. The van der Waals surface area contributed by atoms with Gasteiger partial charge in [0.05, 0.1) is 29.4 Å². The molecule has 1 amide bonds. The number of alkyl halides is 3. The maximum atomic E-state index is 12.7. The fourth-order valence-electron chi connectivity index (χ4n) is 1.48. The minimum atomic E-state index is -4.50. The lowest BCUT2D eigenvalue weighted by atomic mass is 10.2. The summed E-state index contributed by atoms with van der Waals surface area (Å²) in [4.78, 5) is 12.1. The van der Waals surface area contributed by atoms with Crippen LogP contribution < -0.4 is 5.32 Å². The third-order valence-corrected chi connectivity index (χ3v) is 5.11. The summed E-state index contributed by atoms with van der Waals surface area (Å²) in [6, 6.07) is 4.31. The van der Waals surface area contributed by atoms with Crippen LogP contribution in [0.1, 0.15) is 15.9 Å². The first-order valence-corrected chi connectivity index (χ1v) is 8.09. The summed E-state index contributed by atoms with van der Waals surface area (Å²) >= 11 is 13.5. The van der Waals surface area contributed by atoms with E-state index in [0.717, 1.165) is 22.0 Å². The molecule has 0 saturated heterocycles. The van der Waals surface area contributed by atoms with Gasteiger partial charge in [0.25, 0.3) is 5.91 Å². The quantitative estimate of drug-likeness (QED) is 0.565. The predicted octanol–water partition coefficient (Wildman–Crippen LogP) is 6.20. The molecule has 0 saturated carbocycles. The topological polar surface area (TPSA) is 29.1 Å². The zero-order valence-electron chi connectivity index (χ0n) is 9.89. The first-order chi connectivity index (χ1) is 9.68. The van der Waals surface area contributed by atoms with Crippen molar-refractivity contribution in [3.8, 4) is 0 Å². The maximum absolute atomic E-state index is 12.7. The summed E-state index contributed by atoms with van der Waals surface area (Å²) in [5, 5.41) is 2.41. The Balaban J connectivity index is 2.31. The molecule has 2 aromatic rings. The third-order valence-electron chi connectivity index (χ3n) is 2.44. The van der Waals surface area contributed by atoms with E-state index in [-0.39, 0.29) is 10.7 Å². The lowest BCUT2D eigenvalue weighted by molar-refractivity contribution is -0.137. The minimum absolute atomic E-state index is 0.0294. The van der Waals surface area contributed by atoms with Crippen molar-refractivity contribution in [3.05, 3.63) is 48.0 Å². The summed E-state index contributed by atoms with van der Waals surface area (Å²) < 4.78 is 39.3. The molecule has 0 aliphatic heterocycles. The average Bonchev–Trinajstić information content (AvgIpc) is 2.70. The molecule has 0 aliphatic rings. The Bertz CT molecular complexity index is 702. The average molecular weight is 464 g/mol. The lowest BCUT2D eigenvalue weighted by Gasteiger charge is -2.11. The van der Waals surface area contributed by atoms with Crippen LogP contribution in [0.4, 0.5) is 18.9 Å². The van der Waals surface area contributed by atoms with Crippen LogP contribution >= 0.6 is 54.8 Å². The van der Waals surface area contributed by atoms with Crippen molar-refractivity contribution < 1.29 is 18.0 Å². The van der Waals surface area contributed by atoms with Crippen LogP contribution in [0.15, 0.2) is 31.8 Å². The Hall–Kier alpha value is -0.570. The predicted molar refractivity (Wildman–Crippen MR) is 84.1 cm³/mol. The van der Waals surface area contributed by atoms with Crippen LogP contribution in [0.2, 0.25) is 5.02 Å². The summed E-state index contributed by atoms with van der Waals surface area (Å²) in [5.41, 5.74) is -0.668. The van der Waals surface area contributed by atoms with Crippen molar-refractivity contribution >= 4 is 66.4 Å². The smallest absolute Gasteiger partial charge is 0.321 e. The van der Waals surface area contributed by atoms with Gasteiger partial charge < -0.3 is 5.32 Å². The number of rotatable bonds is 2. The number of carbonyl (C=O) groups is 1. The summed E-state index contributed by atoms with van der Waals surface area (Å²) in [5.74, 6) is -0.551. The van der Waals surface area contributed by atoms with E-state index in [9.17, 15) is 18.0 Å². The Morgan fingerprint density at radius 3 is 2.43 bits per heavy atom. The van der Waals surface area contributed by atoms with Gasteiger partial charge in [0.2, 0.25) is 0 Å². The fourth-order valence-corrected chi connectivity index (χ4v) is 4.44. The number of halogens is 6. The molecule has 2 rings (SSSR count). The van der Waals surface area contributed by atoms with E-state index in [4.69, 9.17) is 11.6 Å². The van der Waals surface area contributed by atoms with E-state index >= 15 is 0 Å². The third kappa shape index (κ3) is 4.00. The monoisotopic (exact) mass is 461 g/mol. The van der Waals surface area contributed by atoms with Crippen LogP contribution in [-0.4, -0.2) is 5.91 Å². The molecule has 1 aromatic carbocycles. The molecule has 21 heavy (non-hydrogen) atoms. The van der Waals surface area contributed by atoms with Crippen molar-refractivity contribution in [3.63, 3.8) is 0 Å². The molecule has 9 heteroatoms. The van der Waals surface area contributed by atoms with Crippen LogP contribution in [0.3, 0.4) is 0 Å². The van der Waals surface area contributed by atoms with E-state index in [1.807, 2.05) is 0 Å². The number of hydrogen-bond acceptors (Lipinski definition) is 2. The molecule has 1 N–H and O–H groups in total. The van der Waals surface area contributed by atoms with Gasteiger partial charge in [0.15, 0.2) is 0 Å². The van der Waals surface area contributed by atoms with E-state index < -0.39 is 17.6 Å². The van der Waals surface area contributed by atoms with Gasteiger partial charge in [-0.25, -0.2) is 0 Å². The number of anilines is 1. The molecule has 0 fully saturated rings. The van der Waals surface area contributed by atoms with E-state index in [0.29, 0.717) is 9.35 Å². The molecule has 0 spiro atoms. The van der Waals surface area contributed by atoms with Crippen LogP contribution in [0, 0.1) is 0 Å². The molecule has 1 aromatic heterocycles. The van der Waals surface area contributed by atoms with Crippen molar-refractivity contribution in [1.82, 2.24) is 0 Å². The normalized spacial score (nSPS) is 11.5. The first-order valence-electron chi connectivity index (χ1n) is 5.31. The zero-order chi connectivity index (χ0) is 15.8. The minimum Gasteiger partial charge on any atom is -0.321 e. The first kappa shape index (κ1) is 16.8. The highest BCUT2D eigenvalue weighted by Crippen LogP contribution is 2.35. The van der Waals surface area contributed by atoms with E-state index in [1.165, 1.54) is 11.3 Å². The van der Waals surface area contributed by atoms with Gasteiger partial charge in [-0.05, 0) is 56.1 Å². The maximum Gasteiger partial charge on any atom is 0.416 e. The largest absolute Gasteiger partial charge is 0.416 e. The highest BCUT2D eigenvalue weighted by atomic mass is 79.9. The van der Waals surface area contributed by atoms with Gasteiger partial charge in [0.1, 0.15) is 0 Å². The Morgan fingerprint density at radius 2 is 1.90 bits per heavy atom. The van der Waals surface area contributed by atoms with Crippen molar-refractivity contribution in [2.24, 2.45) is 0 Å². The highest BCUT2D eigenvalue weighted by Gasteiger charge is 2.31. The Morgan fingerprint density at radius 1 is 1.24 bits per heavy atom. The number of amides is 1. The van der Waals surface area contributed by atoms with Crippen molar-refractivity contribution in [2.75, 3.05) is 5.32 Å². The molecule has 0 radical (unpaired) electrons. The number of thiophene rings is 1.